The van der Waals surface area contributed by atoms with Crippen molar-refractivity contribution in [1.82, 2.24) is 19.9 Å². The Labute approximate surface area is 281 Å². The molecule has 0 radical (unpaired) electrons. The molecule has 210 valence electrons. The number of nitrogens with zero attached hydrogens (tertiary/aromatic N) is 2. The molecule has 0 saturated heterocycles. The Balaban J connectivity index is 0.00000242. The van der Waals surface area contributed by atoms with Crippen LogP contribution in [0.3, 0.4) is 0 Å². The predicted molar refractivity (Wildman–Crippen MR) is 131 cm³/mol. The van der Waals surface area contributed by atoms with E-state index >= 15 is 0 Å². The molecule has 0 saturated carbocycles. The number of fused-ring (bicyclic) bond motifs is 2. The summed E-state index contributed by atoms with van der Waals surface area (Å²) in [6.45, 7) is 0. The van der Waals surface area contributed by atoms with Crippen LogP contribution in [0.25, 0.3) is 33.7 Å². The molecule has 0 spiro atoms. The van der Waals surface area contributed by atoms with E-state index in [1.54, 1.807) is 24.3 Å². The van der Waals surface area contributed by atoms with Crippen molar-refractivity contribution in [1.29, 1.82) is 0 Å². The van der Waals surface area contributed by atoms with Crippen molar-refractivity contribution in [3.8, 4) is 17.4 Å². The van der Waals surface area contributed by atoms with Crippen molar-refractivity contribution in [2.45, 2.75) is 19.6 Å². The maximum absolute atomic E-state index is 13.4. The smallest absolute Gasteiger partial charge is 0.744 e. The first kappa shape index (κ1) is 34.6. The van der Waals surface area contributed by atoms with Crippen LogP contribution in [0.5, 0.6) is 5.75 Å². The summed E-state index contributed by atoms with van der Waals surface area (Å²) in [5.74, 6) is -1.13. The van der Waals surface area contributed by atoms with Crippen LogP contribution >= 0.6 is 0 Å². The number of nitrogens with one attached hydrogen (secondary N) is 2. The minimum absolute atomic E-state index is 0. The Morgan fingerprint density at radius 3 is 1.74 bits per heavy atom. The summed E-state index contributed by atoms with van der Waals surface area (Å²) in [5, 5.41) is 0. The molecule has 16 nitrogen and oxygen atoms in total. The fourth-order valence-corrected chi connectivity index (χ4v) is 9.07. The number of imidazole rings is 2. The van der Waals surface area contributed by atoms with E-state index in [1.807, 2.05) is 0 Å². The van der Waals surface area contributed by atoms with Gasteiger partial charge in [0.25, 0.3) is 10.1 Å². The average molecular weight is 675 g/mol. The van der Waals surface area contributed by atoms with E-state index in [4.69, 9.17) is 4.18 Å². The zero-order chi connectivity index (χ0) is 29.3. The monoisotopic (exact) mass is 674 g/mol. The summed E-state index contributed by atoms with van der Waals surface area (Å²) in [6.07, 6.45) is 0. The second-order valence-electron chi connectivity index (χ2n) is 7.96. The minimum Gasteiger partial charge on any atom is -0.744 e. The van der Waals surface area contributed by atoms with E-state index in [2.05, 4.69) is 19.9 Å². The zero-order valence-corrected chi connectivity index (χ0v) is 28.4. The van der Waals surface area contributed by atoms with Gasteiger partial charge in [0.1, 0.15) is 36.4 Å². The molecule has 0 amide bonds. The number of hydrogen-bond donors (Lipinski definition) is 3. The molecule has 0 aliphatic heterocycles. The van der Waals surface area contributed by atoms with Crippen molar-refractivity contribution in [2.24, 2.45) is 0 Å². The summed E-state index contributed by atoms with van der Waals surface area (Å²) >= 11 is 0. The molecule has 0 aliphatic carbocycles. The van der Waals surface area contributed by atoms with Crippen molar-refractivity contribution in [3.63, 3.8) is 0 Å². The number of H-pyrrole nitrogens is 2. The Kier molecular flexibility index (Phi) is 9.77. The molecular formula is C20H12N4Na2O12S4. The Bertz CT molecular complexity index is 2250. The van der Waals surface area contributed by atoms with Gasteiger partial charge in [-0.05, 0) is 24.3 Å². The Hall–Kier alpha value is -1.92. The summed E-state index contributed by atoms with van der Waals surface area (Å²) in [6, 6.07) is 12.7. The zero-order valence-electron chi connectivity index (χ0n) is 21.2. The van der Waals surface area contributed by atoms with E-state index in [0.29, 0.717) is 11.0 Å². The van der Waals surface area contributed by atoms with Crippen LogP contribution in [0, 0.1) is 0 Å². The minimum atomic E-state index is -6.31. The van der Waals surface area contributed by atoms with Gasteiger partial charge in [0, 0.05) is 0 Å². The van der Waals surface area contributed by atoms with Gasteiger partial charge in [-0.15, -0.1) is 0 Å². The van der Waals surface area contributed by atoms with Gasteiger partial charge in [-0.1, -0.05) is 30.3 Å². The van der Waals surface area contributed by atoms with Gasteiger partial charge < -0.3 is 23.3 Å². The van der Waals surface area contributed by atoms with E-state index in [0.717, 1.165) is 12.1 Å². The molecule has 0 atom stereocenters. The van der Waals surface area contributed by atoms with Crippen LogP contribution in [0.2, 0.25) is 0 Å². The first-order valence-corrected chi connectivity index (χ1v) is 16.1. The second kappa shape index (κ2) is 11.9. The first-order chi connectivity index (χ1) is 18.5. The molecule has 3 N–H and O–H groups in total. The molecule has 3 aromatic carbocycles. The maximum Gasteiger partial charge on any atom is 1.00 e. The second-order valence-corrected chi connectivity index (χ2v) is 13.4. The Morgan fingerprint density at radius 1 is 0.667 bits per heavy atom. The van der Waals surface area contributed by atoms with Crippen LogP contribution in [0.15, 0.2) is 74.2 Å². The topological polar surface area (TPSA) is 270 Å². The summed E-state index contributed by atoms with van der Waals surface area (Å²) < 4.78 is 140. The molecule has 5 aromatic rings. The van der Waals surface area contributed by atoms with E-state index < -0.39 is 82.7 Å². The molecule has 0 aliphatic rings. The number of aromatic nitrogens is 4. The van der Waals surface area contributed by atoms with Crippen molar-refractivity contribution >= 4 is 62.5 Å². The summed E-state index contributed by atoms with van der Waals surface area (Å²) in [4.78, 5) is 4.73. The third kappa shape index (κ3) is 6.45. The SMILES string of the molecule is O=S(=O)([O-])c1c(S(=O)(=O)[O-])c(S(=O)(=O)O)c2[nH]c(-c3nc4ccccc4[nH]3)nc2c1S(=O)(=O)Oc1ccccc1.[Na+].[Na+]. The van der Waals surface area contributed by atoms with Gasteiger partial charge in [-0.2, -0.15) is 16.8 Å². The number of rotatable bonds is 7. The van der Waals surface area contributed by atoms with Gasteiger partial charge in [-0.25, -0.2) is 26.8 Å². The first-order valence-electron chi connectivity index (χ1n) is 10.4. The van der Waals surface area contributed by atoms with Crippen LogP contribution < -0.4 is 63.3 Å². The van der Waals surface area contributed by atoms with E-state index in [9.17, 15) is 47.3 Å². The van der Waals surface area contributed by atoms with Gasteiger partial charge >= 0.3 is 69.2 Å². The van der Waals surface area contributed by atoms with Crippen LogP contribution in [0.4, 0.5) is 0 Å². The van der Waals surface area contributed by atoms with Gasteiger partial charge in [-0.3, -0.25) is 4.55 Å². The van der Waals surface area contributed by atoms with Crippen molar-refractivity contribution in [2.75, 3.05) is 0 Å². The molecule has 42 heavy (non-hydrogen) atoms. The van der Waals surface area contributed by atoms with Gasteiger partial charge in [0.15, 0.2) is 16.5 Å². The average Bonchev–Trinajstić information content (AvgIpc) is 3.45. The number of hydrogen-bond acceptors (Lipinski definition) is 13. The number of benzene rings is 3. The fraction of sp³-hybridized carbons (Fsp3) is 0. The molecule has 2 heterocycles. The number of para-hydroxylation sites is 3. The fourth-order valence-electron chi connectivity index (χ4n) is 3.88. The normalized spacial score (nSPS) is 12.5. The summed E-state index contributed by atoms with van der Waals surface area (Å²) in [5.41, 5.74) is -1.55. The standard InChI is InChI=1S/C20H14N4O12S4.2Na/c25-37(26,27)15-13-14(24-20(23-13)19-21-11-8-4-5-9-12(11)22-19)16(18(39(31,32)33)17(15)38(28,29)30)40(34,35)36-10-6-2-1-3-7-10;;/h1-9H,(H,21,22)(H,23,24)(H,25,26,27)(H,28,29,30)(H,31,32,33);;/q;2*+1/p-2. The Morgan fingerprint density at radius 2 is 1.19 bits per heavy atom. The van der Waals surface area contributed by atoms with Crippen molar-refractivity contribution < 1.29 is 111 Å². The van der Waals surface area contributed by atoms with Crippen LogP contribution in [-0.2, 0) is 40.5 Å². The molecule has 0 bridgehead atoms. The largest absolute Gasteiger partial charge is 1.00 e. The van der Waals surface area contributed by atoms with Crippen molar-refractivity contribution in [3.05, 3.63) is 54.6 Å². The molecule has 22 heteroatoms. The predicted octanol–water partition coefficient (Wildman–Crippen LogP) is -5.06. The van der Waals surface area contributed by atoms with E-state index in [-0.39, 0.29) is 64.9 Å². The molecule has 5 rings (SSSR count). The molecule has 0 unspecified atom stereocenters. The molecule has 2 aromatic heterocycles. The maximum atomic E-state index is 13.4. The van der Waals surface area contributed by atoms with Crippen LogP contribution in [0.1, 0.15) is 0 Å². The summed E-state index contributed by atoms with van der Waals surface area (Å²) in [7, 11) is -24.1. The third-order valence-electron chi connectivity index (χ3n) is 5.34. The number of aromatic amines is 2. The molecule has 0 fully saturated rings. The molecular weight excluding hydrogens is 662 g/mol. The van der Waals surface area contributed by atoms with Gasteiger partial charge in [0.05, 0.1) is 26.3 Å². The van der Waals surface area contributed by atoms with Crippen LogP contribution in [-0.4, -0.2) is 67.3 Å². The van der Waals surface area contributed by atoms with Gasteiger partial charge in [0.2, 0.25) is 0 Å². The van der Waals surface area contributed by atoms with E-state index in [1.165, 1.54) is 18.2 Å². The quantitative estimate of drug-likeness (QED) is 0.0829. The third-order valence-corrected chi connectivity index (χ3v) is 9.77.